The van der Waals surface area contributed by atoms with Crippen LogP contribution < -0.4 is 0 Å². The molecule has 3 aliphatic rings. The Morgan fingerprint density at radius 3 is 1.43 bits per heavy atom. The van der Waals surface area contributed by atoms with Crippen LogP contribution in [0.1, 0.15) is 20.3 Å². The molecule has 0 saturated heterocycles. The zero-order valence-corrected chi connectivity index (χ0v) is 12.3. The fraction of sp³-hybridized carbons (Fsp3) is 0.467. The Morgan fingerprint density at radius 1 is 0.870 bits per heavy atom. The molecule has 1 saturated carbocycles. The molecule has 1 fully saturated rings. The molecule has 8 heteroatoms. The molecule has 0 aromatic heterocycles. The van der Waals surface area contributed by atoms with Gasteiger partial charge in [-0.2, -0.15) is 0 Å². The molecule has 0 aromatic carbocycles. The van der Waals surface area contributed by atoms with Crippen molar-refractivity contribution in [1.29, 1.82) is 0 Å². The van der Waals surface area contributed by atoms with Crippen molar-refractivity contribution in [2.24, 2.45) is 21.7 Å². The van der Waals surface area contributed by atoms with Gasteiger partial charge in [-0.25, -0.2) is 9.59 Å². The van der Waals surface area contributed by atoms with Gasteiger partial charge in [-0.1, -0.05) is 26.0 Å². The van der Waals surface area contributed by atoms with Crippen LogP contribution in [0, 0.1) is 21.7 Å². The largest absolute Gasteiger partial charge is 0.481 e. The minimum atomic E-state index is -1.94. The van der Waals surface area contributed by atoms with Gasteiger partial charge in [0, 0.05) is 22.0 Å². The molecule has 0 heterocycles. The van der Waals surface area contributed by atoms with Gasteiger partial charge < -0.3 is 20.4 Å². The lowest BCUT2D eigenvalue weighted by atomic mass is 9.65. The predicted molar refractivity (Wildman–Crippen MR) is 72.4 cm³/mol. The second-order valence-corrected chi connectivity index (χ2v) is 6.34. The fourth-order valence-electron chi connectivity index (χ4n) is 5.56. The Hall–Kier alpha value is -2.64. The van der Waals surface area contributed by atoms with Crippen molar-refractivity contribution >= 4 is 23.9 Å². The summed E-state index contributed by atoms with van der Waals surface area (Å²) in [5.74, 6) is -5.79. The Morgan fingerprint density at radius 2 is 1.22 bits per heavy atom. The van der Waals surface area contributed by atoms with E-state index >= 15 is 0 Å². The number of rotatable bonds is 5. The Labute approximate surface area is 129 Å². The van der Waals surface area contributed by atoms with Gasteiger partial charge in [-0.3, -0.25) is 9.59 Å². The maximum atomic E-state index is 11.9. The smallest absolute Gasteiger partial charge is 0.332 e. The maximum absolute atomic E-state index is 11.9. The molecule has 0 bridgehead atoms. The van der Waals surface area contributed by atoms with Crippen molar-refractivity contribution < 1.29 is 39.6 Å². The topological polar surface area (TPSA) is 149 Å². The van der Waals surface area contributed by atoms with E-state index in [-0.39, 0.29) is 17.6 Å². The van der Waals surface area contributed by atoms with E-state index in [1.54, 1.807) is 6.92 Å². The zero-order chi connectivity index (χ0) is 17.6. The molecule has 8 nitrogen and oxygen atoms in total. The summed E-state index contributed by atoms with van der Waals surface area (Å²) in [6.07, 6.45) is 1.91. The molecule has 0 aliphatic heterocycles. The van der Waals surface area contributed by atoms with Crippen LogP contribution in [0.3, 0.4) is 0 Å². The van der Waals surface area contributed by atoms with Gasteiger partial charge in [0.15, 0.2) is 0 Å². The van der Waals surface area contributed by atoms with Crippen molar-refractivity contribution in [2.45, 2.75) is 20.3 Å². The maximum Gasteiger partial charge on any atom is 0.332 e. The lowest BCUT2D eigenvalue weighted by Crippen LogP contribution is -2.37. The van der Waals surface area contributed by atoms with E-state index in [2.05, 4.69) is 0 Å². The van der Waals surface area contributed by atoms with E-state index in [0.717, 1.165) is 12.2 Å². The third-order valence-electron chi connectivity index (χ3n) is 6.22. The first kappa shape index (κ1) is 15.3. The van der Waals surface area contributed by atoms with E-state index in [1.807, 2.05) is 0 Å². The molecule has 0 aromatic rings. The van der Waals surface area contributed by atoms with Crippen LogP contribution in [0.4, 0.5) is 0 Å². The number of hydrogen-bond donors (Lipinski definition) is 4. The molecular weight excluding hydrogens is 308 g/mol. The minimum absolute atomic E-state index is 0.0165. The van der Waals surface area contributed by atoms with Gasteiger partial charge in [-0.05, 0) is 6.42 Å². The summed E-state index contributed by atoms with van der Waals surface area (Å²) in [5, 5.41) is 38.3. The number of aliphatic carboxylic acids is 4. The van der Waals surface area contributed by atoms with Crippen LogP contribution in [0.15, 0.2) is 23.3 Å². The Bertz CT molecular complexity index is 716. The highest BCUT2D eigenvalue weighted by Gasteiger charge is 3.01. The van der Waals surface area contributed by atoms with Crippen molar-refractivity contribution in [3.8, 4) is 0 Å². The highest BCUT2D eigenvalue weighted by molar-refractivity contribution is 6.11. The Kier molecular flexibility index (Phi) is 2.41. The molecule has 3 rings (SSSR count). The zero-order valence-electron chi connectivity index (χ0n) is 12.3. The van der Waals surface area contributed by atoms with Crippen LogP contribution >= 0.6 is 0 Å². The second kappa shape index (κ2) is 3.64. The first-order chi connectivity index (χ1) is 10.5. The van der Waals surface area contributed by atoms with Crippen LogP contribution in [0.25, 0.3) is 0 Å². The van der Waals surface area contributed by atoms with Crippen LogP contribution in [-0.4, -0.2) is 44.3 Å². The molecule has 0 spiro atoms. The average Bonchev–Trinajstić information content (AvgIpc) is 2.80. The van der Waals surface area contributed by atoms with Crippen molar-refractivity contribution in [2.75, 3.05) is 0 Å². The van der Waals surface area contributed by atoms with E-state index in [0.29, 0.717) is 0 Å². The van der Waals surface area contributed by atoms with E-state index < -0.39 is 45.5 Å². The van der Waals surface area contributed by atoms with Crippen LogP contribution in [0.2, 0.25) is 0 Å². The average molecular weight is 322 g/mol. The van der Waals surface area contributed by atoms with Crippen molar-refractivity contribution in [3.63, 3.8) is 0 Å². The lowest BCUT2D eigenvalue weighted by molar-refractivity contribution is -0.150. The van der Waals surface area contributed by atoms with E-state index in [4.69, 9.17) is 0 Å². The van der Waals surface area contributed by atoms with Gasteiger partial charge >= 0.3 is 23.9 Å². The molecule has 3 aliphatic carbocycles. The van der Waals surface area contributed by atoms with Gasteiger partial charge in [0.2, 0.25) is 0 Å². The fourth-order valence-corrected chi connectivity index (χ4v) is 5.56. The molecule has 23 heavy (non-hydrogen) atoms. The third kappa shape index (κ3) is 1.00. The summed E-state index contributed by atoms with van der Waals surface area (Å²) in [4.78, 5) is 47.1. The summed E-state index contributed by atoms with van der Waals surface area (Å²) in [7, 11) is 0. The van der Waals surface area contributed by atoms with Crippen molar-refractivity contribution in [1.82, 2.24) is 0 Å². The van der Waals surface area contributed by atoms with Gasteiger partial charge in [0.25, 0.3) is 0 Å². The molecule has 0 amide bonds. The molecule has 4 atom stereocenters. The quantitative estimate of drug-likeness (QED) is 0.574. The van der Waals surface area contributed by atoms with E-state index in [9.17, 15) is 39.6 Å². The standard InChI is InChI=1S/C15H14O8/c1-3-15-12(2)6(8(16)17)4-13(15,10(20)21)14(15,11(22)23)5-7(12)9(18)19/h4-5H,3H2,1-2H3,(H,16,17)(H,18,19)(H,20,21)(H,22,23)/t12?,13-,14?,15?/m1/s1. The first-order valence-electron chi connectivity index (χ1n) is 6.93. The normalized spacial score (nSPS) is 42.5. The van der Waals surface area contributed by atoms with Crippen LogP contribution in [0.5, 0.6) is 0 Å². The lowest BCUT2D eigenvalue weighted by Gasteiger charge is -2.34. The highest BCUT2D eigenvalue weighted by Crippen LogP contribution is 2.95. The van der Waals surface area contributed by atoms with Gasteiger partial charge in [0.05, 0.1) is 0 Å². The molecule has 4 N–H and O–H groups in total. The van der Waals surface area contributed by atoms with Crippen LogP contribution in [-0.2, 0) is 19.2 Å². The molecule has 122 valence electrons. The summed E-state index contributed by atoms with van der Waals surface area (Å²) < 4.78 is 0. The summed E-state index contributed by atoms with van der Waals surface area (Å²) in [5.41, 5.74) is -7.85. The highest BCUT2D eigenvalue weighted by atomic mass is 16.4. The first-order valence-corrected chi connectivity index (χ1v) is 6.93. The van der Waals surface area contributed by atoms with Gasteiger partial charge in [0.1, 0.15) is 10.8 Å². The molecule has 3 unspecified atom stereocenters. The number of carbonyl (C=O) groups is 4. The minimum Gasteiger partial charge on any atom is -0.481 e. The Balaban J connectivity index is 2.47. The number of fused-ring (bicyclic) bond motifs is 1. The van der Waals surface area contributed by atoms with E-state index in [1.165, 1.54) is 6.92 Å². The number of carboxylic acid groups (broad SMARTS) is 4. The summed E-state index contributed by atoms with van der Waals surface area (Å²) >= 11 is 0. The number of carboxylic acids is 4. The number of hydrogen-bond acceptors (Lipinski definition) is 4. The summed E-state index contributed by atoms with van der Waals surface area (Å²) in [6.45, 7) is 2.87. The van der Waals surface area contributed by atoms with Crippen molar-refractivity contribution in [3.05, 3.63) is 23.3 Å². The molecular formula is C15H14O8. The molecule has 0 radical (unpaired) electrons. The second-order valence-electron chi connectivity index (χ2n) is 6.34. The monoisotopic (exact) mass is 322 g/mol. The third-order valence-corrected chi connectivity index (χ3v) is 6.22. The summed E-state index contributed by atoms with van der Waals surface area (Å²) in [6, 6.07) is 0. The van der Waals surface area contributed by atoms with Gasteiger partial charge in [-0.15, -0.1) is 0 Å². The predicted octanol–water partition coefficient (Wildman–Crippen LogP) is 0.594. The SMILES string of the molecule is CCC12C3(C)C(C(=O)O)=CC1(C(=O)O)[C@]2(C(=O)O)C=C3C(=O)O.